The van der Waals surface area contributed by atoms with Gasteiger partial charge in [0.2, 0.25) is 5.91 Å². The van der Waals surface area contributed by atoms with Crippen LogP contribution in [0.3, 0.4) is 0 Å². The number of carbonyl (C=O) groups excluding carboxylic acids is 1. The molecule has 1 aromatic carbocycles. The van der Waals surface area contributed by atoms with E-state index in [0.29, 0.717) is 12.5 Å². The summed E-state index contributed by atoms with van der Waals surface area (Å²) in [5, 5.41) is 8.65. The maximum atomic E-state index is 12.2. The first kappa shape index (κ1) is 14.6. The van der Waals surface area contributed by atoms with E-state index in [-0.39, 0.29) is 18.4 Å². The molecule has 0 bridgehead atoms. The topological polar surface area (TPSA) is 40.5 Å². The molecule has 3 heteroatoms. The Hall–Kier alpha value is -1.79. The minimum absolute atomic E-state index is 0.127. The van der Waals surface area contributed by atoms with E-state index in [9.17, 15) is 4.79 Å². The quantitative estimate of drug-likeness (QED) is 0.851. The van der Waals surface area contributed by atoms with Crippen molar-refractivity contribution in [3.8, 4) is 11.8 Å². The SMILES string of the molecule is CC(C(=O)N(C)Cc1ccc(C#CCO)cc1)C1CC1. The zero-order valence-electron chi connectivity index (χ0n) is 12.1. The molecule has 0 saturated heterocycles. The highest BCUT2D eigenvalue weighted by molar-refractivity contribution is 5.78. The summed E-state index contributed by atoms with van der Waals surface area (Å²) in [6.07, 6.45) is 2.39. The van der Waals surface area contributed by atoms with Crippen LogP contribution in [0.15, 0.2) is 24.3 Å². The van der Waals surface area contributed by atoms with E-state index in [4.69, 9.17) is 5.11 Å². The van der Waals surface area contributed by atoms with Crippen molar-refractivity contribution >= 4 is 5.91 Å². The second-order valence-electron chi connectivity index (χ2n) is 5.48. The maximum Gasteiger partial charge on any atom is 0.225 e. The van der Waals surface area contributed by atoms with Gasteiger partial charge in [-0.05, 0) is 36.5 Å². The Morgan fingerprint density at radius 2 is 2.05 bits per heavy atom. The van der Waals surface area contributed by atoms with Gasteiger partial charge in [0.1, 0.15) is 6.61 Å². The van der Waals surface area contributed by atoms with Crippen molar-refractivity contribution < 1.29 is 9.90 Å². The Morgan fingerprint density at radius 3 is 2.60 bits per heavy atom. The van der Waals surface area contributed by atoms with Crippen molar-refractivity contribution in [1.29, 1.82) is 0 Å². The molecule has 1 aliphatic rings. The Labute approximate surface area is 120 Å². The summed E-state index contributed by atoms with van der Waals surface area (Å²) in [6, 6.07) is 7.79. The fraction of sp³-hybridized carbons (Fsp3) is 0.471. The molecule has 1 aliphatic carbocycles. The van der Waals surface area contributed by atoms with E-state index in [0.717, 1.165) is 11.1 Å². The monoisotopic (exact) mass is 271 g/mol. The van der Waals surface area contributed by atoms with Crippen molar-refractivity contribution in [2.75, 3.05) is 13.7 Å². The third kappa shape index (κ3) is 3.85. The van der Waals surface area contributed by atoms with Gasteiger partial charge in [0, 0.05) is 25.1 Å². The number of carbonyl (C=O) groups is 1. The van der Waals surface area contributed by atoms with Gasteiger partial charge in [-0.25, -0.2) is 0 Å². The molecule has 0 radical (unpaired) electrons. The Morgan fingerprint density at radius 1 is 1.40 bits per heavy atom. The van der Waals surface area contributed by atoms with Crippen LogP contribution in [-0.2, 0) is 11.3 Å². The molecule has 2 rings (SSSR count). The highest BCUT2D eigenvalue weighted by Gasteiger charge is 2.33. The number of benzene rings is 1. The van der Waals surface area contributed by atoms with Crippen LogP contribution in [0.5, 0.6) is 0 Å². The highest BCUT2D eigenvalue weighted by atomic mass is 16.2. The third-order valence-corrected chi connectivity index (χ3v) is 3.78. The third-order valence-electron chi connectivity index (χ3n) is 3.78. The molecule has 0 heterocycles. The first-order chi connectivity index (χ1) is 9.61. The zero-order chi connectivity index (χ0) is 14.5. The first-order valence-electron chi connectivity index (χ1n) is 7.05. The predicted molar refractivity (Wildman–Crippen MR) is 78.8 cm³/mol. The van der Waals surface area contributed by atoms with Crippen LogP contribution >= 0.6 is 0 Å². The van der Waals surface area contributed by atoms with Crippen LogP contribution in [0.4, 0.5) is 0 Å². The Balaban J connectivity index is 1.93. The van der Waals surface area contributed by atoms with Gasteiger partial charge in [-0.2, -0.15) is 0 Å². The fourth-order valence-corrected chi connectivity index (χ4v) is 2.33. The zero-order valence-corrected chi connectivity index (χ0v) is 12.1. The summed E-state index contributed by atoms with van der Waals surface area (Å²) >= 11 is 0. The predicted octanol–water partition coefficient (Wildman–Crippen LogP) is 2.03. The van der Waals surface area contributed by atoms with Gasteiger partial charge >= 0.3 is 0 Å². The van der Waals surface area contributed by atoms with Crippen molar-refractivity contribution in [3.63, 3.8) is 0 Å². The van der Waals surface area contributed by atoms with E-state index in [1.54, 1.807) is 4.90 Å². The van der Waals surface area contributed by atoms with Crippen molar-refractivity contribution in [2.45, 2.75) is 26.3 Å². The van der Waals surface area contributed by atoms with Crippen LogP contribution in [0, 0.1) is 23.7 Å². The van der Waals surface area contributed by atoms with Gasteiger partial charge in [0.25, 0.3) is 0 Å². The molecule has 0 aliphatic heterocycles. The molecule has 0 aromatic heterocycles. The van der Waals surface area contributed by atoms with Gasteiger partial charge in [0.15, 0.2) is 0 Å². The Bertz CT molecular complexity index is 520. The van der Waals surface area contributed by atoms with Crippen molar-refractivity contribution in [3.05, 3.63) is 35.4 Å². The van der Waals surface area contributed by atoms with Gasteiger partial charge in [-0.3, -0.25) is 4.79 Å². The van der Waals surface area contributed by atoms with E-state index >= 15 is 0 Å². The standard InChI is InChI=1S/C17H21NO2/c1-13(16-9-10-16)17(20)18(2)12-15-7-5-14(6-8-15)4-3-11-19/h5-8,13,16,19H,9-12H2,1-2H3. The lowest BCUT2D eigenvalue weighted by molar-refractivity contribution is -0.134. The minimum atomic E-state index is -0.127. The molecule has 0 spiro atoms. The number of nitrogens with zero attached hydrogens (tertiary/aromatic N) is 1. The van der Waals surface area contributed by atoms with Crippen molar-refractivity contribution in [2.24, 2.45) is 11.8 Å². The first-order valence-corrected chi connectivity index (χ1v) is 7.05. The lowest BCUT2D eigenvalue weighted by Crippen LogP contribution is -2.32. The summed E-state index contributed by atoms with van der Waals surface area (Å²) in [6.45, 7) is 2.53. The largest absolute Gasteiger partial charge is 0.384 e. The summed E-state index contributed by atoms with van der Waals surface area (Å²) in [5.74, 6) is 6.46. The molecule has 1 saturated carbocycles. The van der Waals surface area contributed by atoms with E-state index < -0.39 is 0 Å². The molecule has 1 N–H and O–H groups in total. The fourth-order valence-electron chi connectivity index (χ4n) is 2.33. The molecule has 1 unspecified atom stereocenters. The van der Waals surface area contributed by atoms with Crippen LogP contribution < -0.4 is 0 Å². The lowest BCUT2D eigenvalue weighted by atomic mass is 10.0. The van der Waals surface area contributed by atoms with Gasteiger partial charge in [0.05, 0.1) is 0 Å². The van der Waals surface area contributed by atoms with Gasteiger partial charge < -0.3 is 10.0 Å². The molecule has 1 aromatic rings. The average molecular weight is 271 g/mol. The molecular formula is C17H21NO2. The van der Waals surface area contributed by atoms with Gasteiger partial charge in [-0.15, -0.1) is 0 Å². The van der Waals surface area contributed by atoms with Crippen LogP contribution in [0.2, 0.25) is 0 Å². The molecule has 1 fully saturated rings. The second kappa shape index (κ2) is 6.58. The summed E-state index contributed by atoms with van der Waals surface area (Å²) < 4.78 is 0. The number of amides is 1. The summed E-state index contributed by atoms with van der Waals surface area (Å²) in [4.78, 5) is 14.0. The smallest absolute Gasteiger partial charge is 0.225 e. The molecule has 20 heavy (non-hydrogen) atoms. The Kier molecular flexibility index (Phi) is 4.81. The van der Waals surface area contributed by atoms with Crippen LogP contribution in [0.25, 0.3) is 0 Å². The van der Waals surface area contributed by atoms with E-state index in [2.05, 4.69) is 11.8 Å². The highest BCUT2D eigenvalue weighted by Crippen LogP contribution is 2.37. The second-order valence-corrected chi connectivity index (χ2v) is 5.48. The molecular weight excluding hydrogens is 250 g/mol. The van der Waals surface area contributed by atoms with Gasteiger partial charge in [-0.1, -0.05) is 30.9 Å². The molecule has 1 amide bonds. The summed E-state index contributed by atoms with van der Waals surface area (Å²) in [5.41, 5.74) is 1.97. The number of hydrogen-bond acceptors (Lipinski definition) is 2. The maximum absolute atomic E-state index is 12.2. The van der Waals surface area contributed by atoms with E-state index in [1.807, 2.05) is 38.2 Å². The number of rotatable bonds is 4. The minimum Gasteiger partial charge on any atom is -0.384 e. The van der Waals surface area contributed by atoms with Crippen LogP contribution in [-0.4, -0.2) is 29.6 Å². The molecule has 106 valence electrons. The summed E-state index contributed by atoms with van der Waals surface area (Å²) in [7, 11) is 1.86. The number of aliphatic hydroxyl groups is 1. The van der Waals surface area contributed by atoms with Crippen LogP contribution in [0.1, 0.15) is 30.9 Å². The normalized spacial score (nSPS) is 15.2. The van der Waals surface area contributed by atoms with E-state index in [1.165, 1.54) is 12.8 Å². The lowest BCUT2D eigenvalue weighted by Gasteiger charge is -2.21. The molecule has 3 nitrogen and oxygen atoms in total. The number of hydrogen-bond donors (Lipinski definition) is 1. The molecule has 1 atom stereocenters. The van der Waals surface area contributed by atoms with Crippen molar-refractivity contribution in [1.82, 2.24) is 4.90 Å². The number of aliphatic hydroxyl groups excluding tert-OH is 1. The average Bonchev–Trinajstić information content (AvgIpc) is 3.29.